The van der Waals surface area contributed by atoms with Gasteiger partial charge in [0.25, 0.3) is 5.69 Å². The number of fused-ring (bicyclic) bond motifs is 1. The number of halogens is 1. The fourth-order valence-corrected chi connectivity index (χ4v) is 4.76. The molecule has 4 aromatic rings. The van der Waals surface area contributed by atoms with Gasteiger partial charge in [-0.3, -0.25) is 14.9 Å². The summed E-state index contributed by atoms with van der Waals surface area (Å²) in [5.41, 5.74) is 15.3. The summed E-state index contributed by atoms with van der Waals surface area (Å²) in [7, 11) is 0. The van der Waals surface area contributed by atoms with Crippen molar-refractivity contribution < 1.29 is 9.72 Å². The molecule has 7 heteroatoms. The Bertz CT molecular complexity index is 1380. The molecule has 0 aliphatic rings. The molecule has 4 rings (SSSR count). The van der Waals surface area contributed by atoms with Crippen molar-refractivity contribution in [3.8, 4) is 11.3 Å². The van der Waals surface area contributed by atoms with Crippen LogP contribution >= 0.6 is 11.6 Å². The number of carbonyl (C=O) groups is 1. The largest absolute Gasteiger partial charge is 0.354 e. The number of aromatic nitrogens is 1. The molecule has 3 aromatic carbocycles. The first-order valence-electron chi connectivity index (χ1n) is 12.4. The predicted octanol–water partition coefficient (Wildman–Crippen LogP) is 7.37. The number of alkyl halides is 1. The molecule has 1 heterocycles. The molecule has 0 radical (unpaired) electrons. The fraction of sp³-hybridized carbons (Fsp3) is 0.300. The van der Waals surface area contributed by atoms with Crippen molar-refractivity contribution in [2.45, 2.75) is 47.0 Å². The molecule has 0 amide bonds. The number of hydrogen-bond donors (Lipinski definition) is 2. The van der Waals surface area contributed by atoms with Gasteiger partial charge in [0.05, 0.1) is 4.92 Å². The van der Waals surface area contributed by atoms with E-state index >= 15 is 0 Å². The SMILES string of the molecule is Cc1cc(C)cc(-c2[nH]c3ccc([N+](=O)[O-])cc3c2CCN)c1.Cc1cc(C)cc(C(=O)CCCCl)c1. The van der Waals surface area contributed by atoms with Crippen LogP contribution in [0.15, 0.2) is 54.6 Å². The Labute approximate surface area is 223 Å². The Morgan fingerprint density at radius 2 is 1.54 bits per heavy atom. The Morgan fingerprint density at radius 3 is 2.08 bits per heavy atom. The van der Waals surface area contributed by atoms with Crippen LogP contribution in [0.1, 0.15) is 51.0 Å². The maximum absolute atomic E-state index is 11.6. The molecule has 0 atom stereocenters. The molecule has 0 fully saturated rings. The number of nitrogens with zero attached hydrogens (tertiary/aromatic N) is 1. The van der Waals surface area contributed by atoms with Gasteiger partial charge in [0, 0.05) is 46.6 Å². The van der Waals surface area contributed by atoms with E-state index in [0.717, 1.165) is 50.8 Å². The lowest BCUT2D eigenvalue weighted by Gasteiger charge is -2.07. The molecule has 0 spiro atoms. The number of nitrogens with one attached hydrogen (secondary N) is 1. The molecule has 1 aromatic heterocycles. The molecule has 0 saturated heterocycles. The van der Waals surface area contributed by atoms with Gasteiger partial charge in [-0.15, -0.1) is 11.6 Å². The molecular formula is C30H34ClN3O3. The smallest absolute Gasteiger partial charge is 0.270 e. The van der Waals surface area contributed by atoms with E-state index in [1.807, 2.05) is 26.0 Å². The maximum atomic E-state index is 11.6. The summed E-state index contributed by atoms with van der Waals surface area (Å²) in [5.74, 6) is 0.744. The number of Topliss-reactive ketones (excluding diaryl/α,β-unsaturated/α-hetero) is 1. The van der Waals surface area contributed by atoms with E-state index in [1.165, 1.54) is 17.2 Å². The van der Waals surface area contributed by atoms with Crippen molar-refractivity contribution in [2.75, 3.05) is 12.4 Å². The molecule has 0 saturated carbocycles. The van der Waals surface area contributed by atoms with Crippen LogP contribution in [0.4, 0.5) is 5.69 Å². The number of ketones is 1. The van der Waals surface area contributed by atoms with E-state index in [4.69, 9.17) is 17.3 Å². The molecule has 0 bridgehead atoms. The van der Waals surface area contributed by atoms with Crippen molar-refractivity contribution in [2.24, 2.45) is 5.73 Å². The molecule has 37 heavy (non-hydrogen) atoms. The zero-order chi connectivity index (χ0) is 27.1. The number of benzene rings is 3. The van der Waals surface area contributed by atoms with Crippen LogP contribution < -0.4 is 5.73 Å². The first-order chi connectivity index (χ1) is 17.6. The number of nitro groups is 1. The quantitative estimate of drug-likeness (QED) is 0.110. The third-order valence-electron chi connectivity index (χ3n) is 6.09. The van der Waals surface area contributed by atoms with Gasteiger partial charge in [0.1, 0.15) is 0 Å². The summed E-state index contributed by atoms with van der Waals surface area (Å²) in [6.45, 7) is 8.63. The van der Waals surface area contributed by atoms with E-state index in [9.17, 15) is 14.9 Å². The predicted molar refractivity (Wildman–Crippen MR) is 153 cm³/mol. The van der Waals surface area contributed by atoms with E-state index in [1.54, 1.807) is 12.1 Å². The highest BCUT2D eigenvalue weighted by atomic mass is 35.5. The van der Waals surface area contributed by atoms with Gasteiger partial charge in [0.15, 0.2) is 5.78 Å². The zero-order valence-electron chi connectivity index (χ0n) is 21.9. The average molecular weight is 520 g/mol. The van der Waals surface area contributed by atoms with Crippen molar-refractivity contribution in [1.82, 2.24) is 4.98 Å². The van der Waals surface area contributed by atoms with Gasteiger partial charge in [-0.25, -0.2) is 0 Å². The summed E-state index contributed by atoms with van der Waals surface area (Å²) < 4.78 is 0. The van der Waals surface area contributed by atoms with Gasteiger partial charge >= 0.3 is 0 Å². The summed E-state index contributed by atoms with van der Waals surface area (Å²) >= 11 is 5.54. The number of aryl methyl sites for hydroxylation is 4. The fourth-order valence-electron chi connectivity index (χ4n) is 4.63. The van der Waals surface area contributed by atoms with Crippen LogP contribution in [0.2, 0.25) is 0 Å². The molecule has 0 aliphatic carbocycles. The summed E-state index contributed by atoms with van der Waals surface area (Å²) in [4.78, 5) is 25.7. The molecule has 6 nitrogen and oxygen atoms in total. The number of hydrogen-bond acceptors (Lipinski definition) is 4. The van der Waals surface area contributed by atoms with E-state index in [0.29, 0.717) is 25.3 Å². The number of nitrogens with two attached hydrogens (primary N) is 1. The standard InChI is InChI=1S/C18H19N3O2.C12H15ClO/c1-11-7-12(2)9-13(8-11)18-15(5-6-19)16-10-14(21(22)23)3-4-17(16)20-18;1-9-6-10(2)8-11(7-9)12(14)4-3-5-13/h3-4,7-10,20H,5-6,19H2,1-2H3;6-8H,3-5H2,1-2H3. The molecule has 3 N–H and O–H groups in total. The Morgan fingerprint density at radius 1 is 0.946 bits per heavy atom. The van der Waals surface area contributed by atoms with Gasteiger partial charge in [0.2, 0.25) is 0 Å². The average Bonchev–Trinajstić information content (AvgIpc) is 3.19. The first kappa shape index (κ1) is 28.1. The topological polar surface area (TPSA) is 102 Å². The van der Waals surface area contributed by atoms with Gasteiger partial charge in [-0.2, -0.15) is 0 Å². The van der Waals surface area contributed by atoms with E-state index in [-0.39, 0.29) is 16.4 Å². The normalized spacial score (nSPS) is 10.8. The van der Waals surface area contributed by atoms with Crippen LogP contribution in [0.3, 0.4) is 0 Å². The van der Waals surface area contributed by atoms with Crippen molar-refractivity contribution in [3.05, 3.63) is 98.1 Å². The van der Waals surface area contributed by atoms with Crippen molar-refractivity contribution in [3.63, 3.8) is 0 Å². The lowest BCUT2D eigenvalue weighted by molar-refractivity contribution is -0.384. The molecule has 0 unspecified atom stereocenters. The minimum Gasteiger partial charge on any atom is -0.354 e. The van der Waals surface area contributed by atoms with Crippen molar-refractivity contribution >= 4 is 34.0 Å². The third kappa shape index (κ3) is 7.28. The summed E-state index contributed by atoms with van der Waals surface area (Å²) in [5, 5.41) is 11.9. The van der Waals surface area contributed by atoms with Gasteiger partial charge < -0.3 is 10.7 Å². The highest BCUT2D eigenvalue weighted by molar-refractivity contribution is 6.18. The minimum absolute atomic E-state index is 0.0988. The molecule has 0 aliphatic heterocycles. The van der Waals surface area contributed by atoms with E-state index < -0.39 is 0 Å². The number of aromatic amines is 1. The van der Waals surface area contributed by atoms with Crippen LogP contribution in [0.25, 0.3) is 22.2 Å². The van der Waals surface area contributed by atoms with E-state index in [2.05, 4.69) is 43.1 Å². The van der Waals surface area contributed by atoms with Gasteiger partial charge in [-0.1, -0.05) is 34.4 Å². The zero-order valence-corrected chi connectivity index (χ0v) is 22.6. The highest BCUT2D eigenvalue weighted by Gasteiger charge is 2.16. The Hall–Kier alpha value is -3.48. The Balaban J connectivity index is 0.000000233. The van der Waals surface area contributed by atoms with Gasteiger partial charge in [-0.05, 0) is 88.5 Å². The van der Waals surface area contributed by atoms with Crippen LogP contribution in [0, 0.1) is 37.8 Å². The Kier molecular flexibility index (Phi) is 9.61. The number of H-pyrrole nitrogens is 1. The molecule has 194 valence electrons. The highest BCUT2D eigenvalue weighted by Crippen LogP contribution is 2.33. The first-order valence-corrected chi connectivity index (χ1v) is 12.9. The number of nitro benzene ring substituents is 1. The second kappa shape index (κ2) is 12.7. The second-order valence-corrected chi connectivity index (χ2v) is 9.85. The van der Waals surface area contributed by atoms with Crippen molar-refractivity contribution in [1.29, 1.82) is 0 Å². The lowest BCUT2D eigenvalue weighted by atomic mass is 9.99. The van der Waals surface area contributed by atoms with Crippen LogP contribution in [-0.4, -0.2) is 28.1 Å². The van der Waals surface area contributed by atoms with Crippen LogP contribution in [0.5, 0.6) is 0 Å². The maximum Gasteiger partial charge on any atom is 0.270 e. The summed E-state index contributed by atoms with van der Waals surface area (Å²) in [6, 6.07) is 17.2. The number of non-ortho nitro benzene ring substituents is 1. The second-order valence-electron chi connectivity index (χ2n) is 9.47. The number of carbonyl (C=O) groups excluding carboxylic acids is 1. The third-order valence-corrected chi connectivity index (χ3v) is 6.35. The van der Waals surface area contributed by atoms with Crippen LogP contribution in [-0.2, 0) is 6.42 Å². The number of rotatable bonds is 8. The summed E-state index contributed by atoms with van der Waals surface area (Å²) in [6.07, 6.45) is 1.98. The lowest BCUT2D eigenvalue weighted by Crippen LogP contribution is -2.03. The minimum atomic E-state index is -0.366. The molecular weight excluding hydrogens is 486 g/mol. The monoisotopic (exact) mass is 519 g/mol.